The van der Waals surface area contributed by atoms with Crippen molar-refractivity contribution in [3.8, 4) is 0 Å². The Hall–Kier alpha value is -2.69. The molecule has 21 heavy (non-hydrogen) atoms. The number of amides is 1. The third-order valence-corrected chi connectivity index (χ3v) is 2.69. The predicted molar refractivity (Wildman–Crippen MR) is 87.0 cm³/mol. The second kappa shape index (κ2) is 7.79. The zero-order chi connectivity index (χ0) is 15.8. The molecular weight excluding hydrogens is 264 g/mol. The van der Waals surface area contributed by atoms with E-state index in [4.69, 9.17) is 11.1 Å². The van der Waals surface area contributed by atoms with Gasteiger partial charge in [-0.25, -0.2) is 4.98 Å². The van der Waals surface area contributed by atoms with Crippen LogP contribution in [0.1, 0.15) is 35.3 Å². The second-order valence-corrected chi connectivity index (χ2v) is 4.13. The summed E-state index contributed by atoms with van der Waals surface area (Å²) in [5.41, 5.74) is 8.11. The van der Waals surface area contributed by atoms with Gasteiger partial charge in [-0.05, 0) is 25.1 Å². The van der Waals surface area contributed by atoms with Crippen molar-refractivity contribution in [2.45, 2.75) is 20.8 Å². The Morgan fingerprint density at radius 3 is 2.67 bits per heavy atom. The van der Waals surface area contributed by atoms with Gasteiger partial charge < -0.3 is 16.5 Å². The summed E-state index contributed by atoms with van der Waals surface area (Å²) in [4.78, 5) is 16.0. The Morgan fingerprint density at radius 1 is 1.33 bits per heavy atom. The first-order valence-electron chi connectivity index (χ1n) is 6.75. The lowest BCUT2D eigenvalue weighted by Gasteiger charge is -2.09. The molecule has 0 bridgehead atoms. The highest BCUT2D eigenvalue weighted by Crippen LogP contribution is 2.18. The van der Waals surface area contributed by atoms with Crippen molar-refractivity contribution < 1.29 is 4.79 Å². The maximum atomic E-state index is 12.1. The molecule has 2 rings (SSSR count). The van der Waals surface area contributed by atoms with Crippen molar-refractivity contribution in [3.05, 3.63) is 53.2 Å². The first-order valence-corrected chi connectivity index (χ1v) is 6.75. The molecule has 1 amide bonds. The molecule has 1 aromatic carbocycles. The van der Waals surface area contributed by atoms with Crippen LogP contribution in [0.2, 0.25) is 0 Å². The standard InChI is InChI=1S/C14H14N4O.C2H6/c1-9-3-2-4-10(7-9)14(19)18-12-5-6-17-13(16)11(12)8-15;1-2/h2-8,15H,1H3,(H3,16,17,18,19);1-2H3. The number of aryl methyl sites for hydroxylation is 1. The summed E-state index contributed by atoms with van der Waals surface area (Å²) in [5.74, 6) is -0.0190. The molecule has 0 aliphatic heterocycles. The van der Waals surface area contributed by atoms with Gasteiger partial charge in [-0.2, -0.15) is 0 Å². The van der Waals surface area contributed by atoms with Gasteiger partial charge in [0.05, 0.1) is 11.3 Å². The van der Waals surface area contributed by atoms with Crippen LogP contribution in [0.5, 0.6) is 0 Å². The van der Waals surface area contributed by atoms with Crippen molar-refractivity contribution in [1.82, 2.24) is 4.98 Å². The van der Waals surface area contributed by atoms with Crippen molar-refractivity contribution in [2.75, 3.05) is 11.1 Å². The zero-order valence-corrected chi connectivity index (χ0v) is 12.5. The van der Waals surface area contributed by atoms with Crippen molar-refractivity contribution in [3.63, 3.8) is 0 Å². The Labute approximate surface area is 124 Å². The van der Waals surface area contributed by atoms with E-state index >= 15 is 0 Å². The molecule has 2 aromatic rings. The number of hydrogen-bond acceptors (Lipinski definition) is 4. The number of rotatable bonds is 3. The van der Waals surface area contributed by atoms with E-state index < -0.39 is 0 Å². The smallest absolute Gasteiger partial charge is 0.255 e. The molecule has 0 saturated heterocycles. The number of aromatic nitrogens is 1. The Kier molecular flexibility index (Phi) is 6.07. The third kappa shape index (κ3) is 4.14. The van der Waals surface area contributed by atoms with Gasteiger partial charge in [0.25, 0.3) is 5.91 Å². The molecule has 1 heterocycles. The molecule has 0 radical (unpaired) electrons. The fourth-order valence-corrected chi connectivity index (χ4v) is 1.73. The lowest BCUT2D eigenvalue weighted by atomic mass is 10.1. The van der Waals surface area contributed by atoms with E-state index in [1.165, 1.54) is 6.20 Å². The number of nitrogens with two attached hydrogens (primary N) is 1. The van der Waals surface area contributed by atoms with Crippen LogP contribution in [0, 0.1) is 12.3 Å². The summed E-state index contributed by atoms with van der Waals surface area (Å²) >= 11 is 0. The van der Waals surface area contributed by atoms with Crippen molar-refractivity contribution >= 4 is 23.6 Å². The van der Waals surface area contributed by atoms with E-state index in [9.17, 15) is 4.79 Å². The second-order valence-electron chi connectivity index (χ2n) is 4.13. The van der Waals surface area contributed by atoms with Crippen LogP contribution in [0.25, 0.3) is 0 Å². The first-order chi connectivity index (χ1) is 10.1. The molecule has 0 spiro atoms. The van der Waals surface area contributed by atoms with Gasteiger partial charge >= 0.3 is 0 Å². The van der Waals surface area contributed by atoms with Crippen LogP contribution >= 0.6 is 0 Å². The van der Waals surface area contributed by atoms with Crippen LogP contribution < -0.4 is 11.1 Å². The summed E-state index contributed by atoms with van der Waals surface area (Å²) in [6.07, 6.45) is 2.57. The minimum Gasteiger partial charge on any atom is -0.383 e. The first kappa shape index (κ1) is 16.4. The lowest BCUT2D eigenvalue weighted by molar-refractivity contribution is 0.102. The molecule has 0 fully saturated rings. The highest BCUT2D eigenvalue weighted by Gasteiger charge is 2.10. The van der Waals surface area contributed by atoms with Crippen molar-refractivity contribution in [2.24, 2.45) is 0 Å². The molecule has 4 N–H and O–H groups in total. The average molecular weight is 284 g/mol. The molecule has 5 nitrogen and oxygen atoms in total. The fraction of sp³-hybridized carbons (Fsp3) is 0.188. The molecule has 0 unspecified atom stereocenters. The molecule has 0 saturated carbocycles. The molecule has 1 aromatic heterocycles. The average Bonchev–Trinajstić information content (AvgIpc) is 2.49. The quantitative estimate of drug-likeness (QED) is 0.755. The Balaban J connectivity index is 0.00000106. The van der Waals surface area contributed by atoms with Crippen LogP contribution in [-0.4, -0.2) is 17.1 Å². The molecule has 0 aliphatic carbocycles. The Morgan fingerprint density at radius 2 is 2.05 bits per heavy atom. The van der Waals surface area contributed by atoms with Crippen LogP contribution in [0.15, 0.2) is 36.5 Å². The summed E-state index contributed by atoms with van der Waals surface area (Å²) < 4.78 is 0. The highest BCUT2D eigenvalue weighted by atomic mass is 16.1. The van der Waals surface area contributed by atoms with E-state index in [2.05, 4.69) is 10.3 Å². The molecule has 110 valence electrons. The van der Waals surface area contributed by atoms with E-state index in [0.717, 1.165) is 11.8 Å². The highest BCUT2D eigenvalue weighted by molar-refractivity contribution is 6.07. The van der Waals surface area contributed by atoms with Gasteiger partial charge in [0, 0.05) is 18.0 Å². The van der Waals surface area contributed by atoms with Crippen molar-refractivity contribution in [1.29, 1.82) is 5.41 Å². The van der Waals surface area contributed by atoms with Crippen LogP contribution in [0.4, 0.5) is 11.5 Å². The minimum atomic E-state index is -0.239. The van der Waals surface area contributed by atoms with Crippen LogP contribution in [-0.2, 0) is 0 Å². The summed E-state index contributed by atoms with van der Waals surface area (Å²) in [5, 5.41) is 10.0. The van der Waals surface area contributed by atoms with Gasteiger partial charge in [-0.1, -0.05) is 31.5 Å². The summed E-state index contributed by atoms with van der Waals surface area (Å²) in [7, 11) is 0. The van der Waals surface area contributed by atoms with E-state index in [-0.39, 0.29) is 11.7 Å². The predicted octanol–water partition coefficient (Wildman–Crippen LogP) is 3.25. The molecule has 0 aliphatic rings. The number of benzene rings is 1. The molecular formula is C16H20N4O. The van der Waals surface area contributed by atoms with Gasteiger partial charge in [0.1, 0.15) is 5.82 Å². The number of nitrogen functional groups attached to an aromatic ring is 1. The number of nitrogens with zero attached hydrogens (tertiary/aromatic N) is 1. The van der Waals surface area contributed by atoms with E-state index in [1.807, 2.05) is 32.9 Å². The number of pyridine rings is 1. The zero-order valence-electron chi connectivity index (χ0n) is 12.5. The maximum absolute atomic E-state index is 12.1. The van der Waals surface area contributed by atoms with Gasteiger partial charge in [0.2, 0.25) is 0 Å². The van der Waals surface area contributed by atoms with Gasteiger partial charge in [-0.15, -0.1) is 0 Å². The fourth-order valence-electron chi connectivity index (χ4n) is 1.73. The molecule has 5 heteroatoms. The SMILES string of the molecule is CC.Cc1cccc(C(=O)Nc2ccnc(N)c2C=N)c1. The summed E-state index contributed by atoms with van der Waals surface area (Å²) in [6.45, 7) is 5.92. The normalized spacial score (nSPS) is 9.29. The van der Waals surface area contributed by atoms with Crippen LogP contribution in [0.3, 0.4) is 0 Å². The number of nitrogens with one attached hydrogen (secondary N) is 2. The van der Waals surface area contributed by atoms with Gasteiger partial charge in [0.15, 0.2) is 0 Å². The summed E-state index contributed by atoms with van der Waals surface area (Å²) in [6, 6.07) is 8.89. The largest absolute Gasteiger partial charge is 0.383 e. The Bertz CT molecular complexity index is 638. The third-order valence-electron chi connectivity index (χ3n) is 2.69. The van der Waals surface area contributed by atoms with Gasteiger partial charge in [-0.3, -0.25) is 4.79 Å². The monoisotopic (exact) mass is 284 g/mol. The maximum Gasteiger partial charge on any atom is 0.255 e. The molecule has 0 atom stereocenters. The number of hydrogen-bond donors (Lipinski definition) is 3. The number of carbonyl (C=O) groups excluding carboxylic acids is 1. The minimum absolute atomic E-state index is 0.219. The topological polar surface area (TPSA) is 91.9 Å². The lowest BCUT2D eigenvalue weighted by Crippen LogP contribution is -2.14. The van der Waals surface area contributed by atoms with E-state index in [0.29, 0.717) is 16.8 Å². The van der Waals surface area contributed by atoms with E-state index in [1.54, 1.807) is 18.2 Å². The number of carbonyl (C=O) groups is 1. The number of anilines is 2.